The van der Waals surface area contributed by atoms with Gasteiger partial charge < -0.3 is 14.8 Å². The zero-order valence-corrected chi connectivity index (χ0v) is 15.2. The van der Waals surface area contributed by atoms with Crippen LogP contribution in [-0.2, 0) is 9.53 Å². The van der Waals surface area contributed by atoms with Gasteiger partial charge in [0.1, 0.15) is 11.4 Å². The summed E-state index contributed by atoms with van der Waals surface area (Å²) >= 11 is 0. The molecular weight excluding hydrogens is 352 g/mol. The smallest absolute Gasteiger partial charge is 0.413 e. The van der Waals surface area contributed by atoms with E-state index in [0.717, 1.165) is 0 Å². The maximum Gasteiger partial charge on any atom is 0.413 e. The highest BCUT2D eigenvalue weighted by Gasteiger charge is 2.28. The van der Waals surface area contributed by atoms with Gasteiger partial charge in [-0.25, -0.2) is 9.59 Å². The minimum Gasteiger partial charge on any atom is -0.458 e. The predicted octanol–water partition coefficient (Wildman–Crippen LogP) is 3.77. The summed E-state index contributed by atoms with van der Waals surface area (Å²) in [6.45, 7) is 5.17. The van der Waals surface area contributed by atoms with Crippen LogP contribution in [0.1, 0.15) is 32.4 Å². The van der Waals surface area contributed by atoms with Crippen molar-refractivity contribution in [3.8, 4) is 5.75 Å². The lowest BCUT2D eigenvalue weighted by Crippen LogP contribution is -2.39. The molecule has 0 radical (unpaired) electrons. The Morgan fingerprint density at radius 1 is 1.04 bits per heavy atom. The highest BCUT2D eigenvalue weighted by Crippen LogP contribution is 2.20. The first kappa shape index (κ1) is 19.9. The number of hydrogen-bond donors (Lipinski definition) is 1. The number of benzene rings is 2. The van der Waals surface area contributed by atoms with E-state index in [-0.39, 0.29) is 11.4 Å². The lowest BCUT2D eigenvalue weighted by Gasteiger charge is -2.24. The maximum absolute atomic E-state index is 12.5. The van der Waals surface area contributed by atoms with Crippen molar-refractivity contribution in [1.29, 1.82) is 0 Å². The molecule has 0 aromatic heterocycles. The van der Waals surface area contributed by atoms with Gasteiger partial charge in [-0.3, -0.25) is 10.1 Å². The monoisotopic (exact) mass is 372 g/mol. The molecular formula is C19H20N2O6. The topological polar surface area (TPSA) is 108 Å². The average Bonchev–Trinajstić information content (AvgIpc) is 2.59. The Morgan fingerprint density at radius 3 is 2.15 bits per heavy atom. The van der Waals surface area contributed by atoms with E-state index in [2.05, 4.69) is 5.32 Å². The van der Waals surface area contributed by atoms with Crippen molar-refractivity contribution >= 4 is 17.7 Å². The van der Waals surface area contributed by atoms with E-state index in [9.17, 15) is 19.7 Å². The summed E-state index contributed by atoms with van der Waals surface area (Å²) < 4.78 is 10.5. The highest BCUT2D eigenvalue weighted by atomic mass is 16.6. The van der Waals surface area contributed by atoms with E-state index < -0.39 is 28.6 Å². The Morgan fingerprint density at radius 2 is 1.63 bits per heavy atom. The number of esters is 1. The number of amides is 1. The zero-order valence-electron chi connectivity index (χ0n) is 15.2. The molecule has 0 bridgehead atoms. The summed E-state index contributed by atoms with van der Waals surface area (Å²) in [5, 5.41) is 13.1. The van der Waals surface area contributed by atoms with Gasteiger partial charge in [-0.1, -0.05) is 30.3 Å². The molecule has 2 rings (SSSR count). The van der Waals surface area contributed by atoms with Gasteiger partial charge in [0.15, 0.2) is 6.04 Å². The van der Waals surface area contributed by atoms with E-state index in [4.69, 9.17) is 9.47 Å². The number of nitrogens with one attached hydrogen (secondary N) is 1. The van der Waals surface area contributed by atoms with Crippen LogP contribution in [0, 0.1) is 10.1 Å². The van der Waals surface area contributed by atoms with Gasteiger partial charge in [-0.2, -0.15) is 0 Å². The predicted molar refractivity (Wildman–Crippen MR) is 97.3 cm³/mol. The Labute approximate surface area is 156 Å². The van der Waals surface area contributed by atoms with Crippen LogP contribution in [0.5, 0.6) is 5.75 Å². The van der Waals surface area contributed by atoms with Crippen LogP contribution >= 0.6 is 0 Å². The van der Waals surface area contributed by atoms with Gasteiger partial charge in [0.2, 0.25) is 0 Å². The number of non-ortho nitro benzene ring substituents is 1. The first-order chi connectivity index (χ1) is 12.7. The molecule has 0 aliphatic carbocycles. The summed E-state index contributed by atoms with van der Waals surface area (Å²) in [5.41, 5.74) is -0.320. The summed E-state index contributed by atoms with van der Waals surface area (Å²) in [6.07, 6.45) is -0.886. The molecule has 27 heavy (non-hydrogen) atoms. The van der Waals surface area contributed by atoms with Crippen LogP contribution in [0.25, 0.3) is 0 Å². The van der Waals surface area contributed by atoms with Crippen LogP contribution in [0.3, 0.4) is 0 Å². The van der Waals surface area contributed by atoms with E-state index in [1.54, 1.807) is 51.1 Å². The molecule has 1 N–H and O–H groups in total. The van der Waals surface area contributed by atoms with E-state index in [1.807, 2.05) is 0 Å². The molecule has 2 aromatic carbocycles. The van der Waals surface area contributed by atoms with Gasteiger partial charge in [0, 0.05) is 12.1 Å². The maximum atomic E-state index is 12.5. The number of nitrogens with zero attached hydrogens (tertiary/aromatic N) is 1. The second kappa shape index (κ2) is 8.31. The Hall–Kier alpha value is -3.42. The summed E-state index contributed by atoms with van der Waals surface area (Å²) in [5.74, 6) is -0.525. The third-order valence-electron chi connectivity index (χ3n) is 3.30. The minimum absolute atomic E-state index is 0.106. The largest absolute Gasteiger partial charge is 0.458 e. The summed E-state index contributed by atoms with van der Waals surface area (Å²) in [4.78, 5) is 34.8. The quantitative estimate of drug-likeness (QED) is 0.486. The van der Waals surface area contributed by atoms with E-state index in [1.165, 1.54) is 24.3 Å². The van der Waals surface area contributed by atoms with Crippen LogP contribution in [0.4, 0.5) is 10.5 Å². The number of nitro benzene ring substituents is 1. The van der Waals surface area contributed by atoms with Crippen molar-refractivity contribution < 1.29 is 24.0 Å². The first-order valence-corrected chi connectivity index (χ1v) is 8.16. The molecule has 0 saturated carbocycles. The number of ether oxygens (including phenoxy) is 2. The second-order valence-electron chi connectivity index (χ2n) is 6.66. The van der Waals surface area contributed by atoms with Crippen LogP contribution < -0.4 is 10.1 Å². The van der Waals surface area contributed by atoms with Crippen molar-refractivity contribution in [2.75, 3.05) is 0 Å². The normalized spacial score (nSPS) is 12.0. The lowest BCUT2D eigenvalue weighted by atomic mass is 10.1. The fourth-order valence-corrected chi connectivity index (χ4v) is 2.17. The van der Waals surface area contributed by atoms with Crippen LogP contribution in [0.2, 0.25) is 0 Å². The molecule has 0 spiro atoms. The number of nitro groups is 1. The molecule has 1 unspecified atom stereocenters. The van der Waals surface area contributed by atoms with Crippen LogP contribution in [-0.4, -0.2) is 22.6 Å². The standard InChI is InChI=1S/C19H20N2O6/c1-19(2,3)27-17(22)16(13-7-5-4-6-8-13)20-18(23)26-15-11-9-14(10-12-15)21(24)25/h4-12,16H,1-3H3,(H,20,23). The van der Waals surface area contributed by atoms with Crippen LogP contribution in [0.15, 0.2) is 54.6 Å². The zero-order chi connectivity index (χ0) is 20.0. The average molecular weight is 372 g/mol. The molecule has 8 nitrogen and oxygen atoms in total. The molecule has 0 aliphatic heterocycles. The molecule has 0 aliphatic rings. The number of carbonyl (C=O) groups excluding carboxylic acids is 2. The number of rotatable bonds is 5. The Kier molecular flexibility index (Phi) is 6.12. The molecule has 1 amide bonds. The minimum atomic E-state index is -1.06. The highest BCUT2D eigenvalue weighted by molar-refractivity contribution is 5.83. The van der Waals surface area contributed by atoms with Crippen molar-refractivity contribution in [2.24, 2.45) is 0 Å². The van der Waals surface area contributed by atoms with Gasteiger partial charge in [0.05, 0.1) is 4.92 Å². The van der Waals surface area contributed by atoms with E-state index >= 15 is 0 Å². The van der Waals surface area contributed by atoms with Gasteiger partial charge in [-0.05, 0) is 38.5 Å². The second-order valence-corrected chi connectivity index (χ2v) is 6.66. The third kappa shape index (κ3) is 6.10. The lowest BCUT2D eigenvalue weighted by molar-refractivity contribution is -0.384. The molecule has 2 aromatic rings. The first-order valence-electron chi connectivity index (χ1n) is 8.16. The van der Waals surface area contributed by atoms with E-state index in [0.29, 0.717) is 5.56 Å². The van der Waals surface area contributed by atoms with Gasteiger partial charge in [-0.15, -0.1) is 0 Å². The van der Waals surface area contributed by atoms with Crippen molar-refractivity contribution in [1.82, 2.24) is 5.32 Å². The van der Waals surface area contributed by atoms with Crippen molar-refractivity contribution in [3.63, 3.8) is 0 Å². The fourth-order valence-electron chi connectivity index (χ4n) is 2.17. The number of carbonyl (C=O) groups is 2. The Bertz CT molecular complexity index is 812. The Balaban J connectivity index is 2.13. The molecule has 0 saturated heterocycles. The molecule has 1 atom stereocenters. The third-order valence-corrected chi connectivity index (χ3v) is 3.30. The van der Waals surface area contributed by atoms with Crippen molar-refractivity contribution in [2.45, 2.75) is 32.4 Å². The molecule has 0 heterocycles. The number of hydrogen-bond acceptors (Lipinski definition) is 6. The van der Waals surface area contributed by atoms with Gasteiger partial charge in [0.25, 0.3) is 5.69 Å². The van der Waals surface area contributed by atoms with Crippen molar-refractivity contribution in [3.05, 3.63) is 70.3 Å². The molecule has 8 heteroatoms. The summed E-state index contributed by atoms with van der Waals surface area (Å²) in [7, 11) is 0. The summed E-state index contributed by atoms with van der Waals surface area (Å²) in [6, 6.07) is 12.6. The van der Waals surface area contributed by atoms with Gasteiger partial charge >= 0.3 is 12.1 Å². The molecule has 142 valence electrons. The SMILES string of the molecule is CC(C)(C)OC(=O)C(NC(=O)Oc1ccc([N+](=O)[O-])cc1)c1ccccc1. The molecule has 0 fully saturated rings. The fraction of sp³-hybridized carbons (Fsp3) is 0.263.